The Morgan fingerprint density at radius 1 is 1.47 bits per heavy atom. The number of anilines is 1. The molecule has 0 aliphatic rings. The Balaban J connectivity index is 2.55. The summed E-state index contributed by atoms with van der Waals surface area (Å²) in [6, 6.07) is 4.49. The zero-order valence-corrected chi connectivity index (χ0v) is 8.79. The molecule has 0 spiro atoms. The molecule has 0 fully saturated rings. The van der Waals surface area contributed by atoms with Gasteiger partial charge >= 0.3 is 0 Å². The van der Waals surface area contributed by atoms with Crippen molar-refractivity contribution in [2.24, 2.45) is 7.05 Å². The van der Waals surface area contributed by atoms with Gasteiger partial charge in [-0.1, -0.05) is 17.7 Å². The van der Waals surface area contributed by atoms with Crippen LogP contribution in [0.5, 0.6) is 0 Å². The number of aromatic nitrogens is 2. The van der Waals surface area contributed by atoms with Gasteiger partial charge in [0.25, 0.3) is 0 Å². The number of nitrogens with two attached hydrogens (primary N) is 1. The molecular weight excluding hydrogens is 217 g/mol. The molecular formula is C10H9ClFN3. The number of nitrogen functional groups attached to an aromatic ring is 1. The summed E-state index contributed by atoms with van der Waals surface area (Å²) in [7, 11) is 1.78. The van der Waals surface area contributed by atoms with Gasteiger partial charge in [0.05, 0.1) is 11.3 Å². The van der Waals surface area contributed by atoms with Crippen molar-refractivity contribution in [3.8, 4) is 11.3 Å². The maximum absolute atomic E-state index is 13.2. The van der Waals surface area contributed by atoms with Crippen LogP contribution in [0.4, 0.5) is 10.2 Å². The monoisotopic (exact) mass is 225 g/mol. The van der Waals surface area contributed by atoms with Crippen LogP contribution in [0.25, 0.3) is 11.3 Å². The van der Waals surface area contributed by atoms with Gasteiger partial charge in [-0.3, -0.25) is 0 Å². The fourth-order valence-corrected chi connectivity index (χ4v) is 1.42. The highest BCUT2D eigenvalue weighted by Gasteiger charge is 2.09. The third-order valence-electron chi connectivity index (χ3n) is 2.18. The summed E-state index contributed by atoms with van der Waals surface area (Å²) >= 11 is 5.58. The van der Waals surface area contributed by atoms with Crippen LogP contribution in [0.3, 0.4) is 0 Å². The molecule has 2 N–H and O–H groups in total. The first-order valence-electron chi connectivity index (χ1n) is 4.32. The average molecular weight is 226 g/mol. The van der Waals surface area contributed by atoms with E-state index in [9.17, 15) is 4.39 Å². The first-order valence-corrected chi connectivity index (χ1v) is 4.69. The van der Waals surface area contributed by atoms with Gasteiger partial charge in [-0.15, -0.1) is 0 Å². The summed E-state index contributed by atoms with van der Waals surface area (Å²) in [6.07, 6.45) is 1.58. The Kier molecular flexibility index (Phi) is 2.36. The predicted molar refractivity (Wildman–Crippen MR) is 58.0 cm³/mol. The highest BCUT2D eigenvalue weighted by Crippen LogP contribution is 2.26. The molecule has 3 nitrogen and oxygen atoms in total. The summed E-state index contributed by atoms with van der Waals surface area (Å²) in [5, 5.41) is 0.0910. The summed E-state index contributed by atoms with van der Waals surface area (Å²) in [5.74, 6) is 0.0240. The smallest absolute Gasteiger partial charge is 0.142 e. The molecule has 0 atom stereocenters. The van der Waals surface area contributed by atoms with Gasteiger partial charge in [0.1, 0.15) is 17.3 Å². The molecule has 0 amide bonds. The Bertz CT molecular complexity index is 507. The molecule has 5 heteroatoms. The lowest BCUT2D eigenvalue weighted by Crippen LogP contribution is -1.96. The number of aryl methyl sites for hydroxylation is 1. The summed E-state index contributed by atoms with van der Waals surface area (Å²) in [5.41, 5.74) is 6.95. The maximum Gasteiger partial charge on any atom is 0.142 e. The Hall–Kier alpha value is -1.55. The highest BCUT2D eigenvalue weighted by atomic mass is 35.5. The number of hydrogen-bond donors (Lipinski definition) is 1. The molecule has 0 saturated heterocycles. The molecule has 78 valence electrons. The second-order valence-corrected chi connectivity index (χ2v) is 3.63. The SMILES string of the molecule is Cn1cnc(-c2ccc(Cl)c(F)c2)c1N. The number of imidazole rings is 1. The molecule has 0 aliphatic carbocycles. The molecule has 0 saturated carbocycles. The number of nitrogens with zero attached hydrogens (tertiary/aromatic N) is 2. The van der Waals surface area contributed by atoms with Gasteiger partial charge in [0.15, 0.2) is 0 Å². The van der Waals surface area contributed by atoms with Crippen molar-refractivity contribution in [3.05, 3.63) is 35.4 Å². The third kappa shape index (κ3) is 1.68. The summed E-state index contributed by atoms with van der Waals surface area (Å²) in [4.78, 5) is 4.08. The minimum absolute atomic E-state index is 0.0910. The quantitative estimate of drug-likeness (QED) is 0.810. The van der Waals surface area contributed by atoms with E-state index < -0.39 is 5.82 Å². The van der Waals surface area contributed by atoms with Crippen molar-refractivity contribution in [1.82, 2.24) is 9.55 Å². The lowest BCUT2D eigenvalue weighted by molar-refractivity contribution is 0.628. The minimum Gasteiger partial charge on any atom is -0.383 e. The topological polar surface area (TPSA) is 43.8 Å². The molecule has 1 heterocycles. The van der Waals surface area contributed by atoms with Crippen molar-refractivity contribution in [3.63, 3.8) is 0 Å². The van der Waals surface area contributed by atoms with E-state index >= 15 is 0 Å². The number of halogens is 2. The van der Waals surface area contributed by atoms with E-state index in [4.69, 9.17) is 17.3 Å². The molecule has 0 aliphatic heterocycles. The van der Waals surface area contributed by atoms with Crippen molar-refractivity contribution in [2.75, 3.05) is 5.73 Å². The molecule has 2 rings (SSSR count). The highest BCUT2D eigenvalue weighted by molar-refractivity contribution is 6.30. The van der Waals surface area contributed by atoms with Crippen molar-refractivity contribution in [2.45, 2.75) is 0 Å². The molecule has 15 heavy (non-hydrogen) atoms. The fourth-order valence-electron chi connectivity index (χ4n) is 1.31. The van der Waals surface area contributed by atoms with E-state index in [1.165, 1.54) is 12.1 Å². The molecule has 1 aromatic carbocycles. The van der Waals surface area contributed by atoms with E-state index in [1.807, 2.05) is 0 Å². The third-order valence-corrected chi connectivity index (χ3v) is 2.48. The zero-order valence-electron chi connectivity index (χ0n) is 8.04. The second-order valence-electron chi connectivity index (χ2n) is 3.22. The minimum atomic E-state index is -0.473. The number of benzene rings is 1. The van der Waals surface area contributed by atoms with Gasteiger partial charge in [0, 0.05) is 12.6 Å². The molecule has 0 radical (unpaired) electrons. The standard InChI is InChI=1S/C10H9ClFN3/c1-15-5-14-9(10(15)13)6-2-3-7(11)8(12)4-6/h2-5H,13H2,1H3. The summed E-state index contributed by atoms with van der Waals surface area (Å²) < 4.78 is 14.9. The predicted octanol–water partition coefficient (Wildman–Crippen LogP) is 2.46. The number of rotatable bonds is 1. The van der Waals surface area contributed by atoms with E-state index in [1.54, 1.807) is 24.0 Å². The van der Waals surface area contributed by atoms with Crippen LogP contribution < -0.4 is 5.73 Å². The van der Waals surface area contributed by atoms with E-state index in [2.05, 4.69) is 4.98 Å². The van der Waals surface area contributed by atoms with Crippen LogP contribution in [0.1, 0.15) is 0 Å². The van der Waals surface area contributed by atoms with Gasteiger partial charge < -0.3 is 10.3 Å². The average Bonchev–Trinajstić information content (AvgIpc) is 2.53. The lowest BCUT2D eigenvalue weighted by atomic mass is 10.1. The van der Waals surface area contributed by atoms with Crippen LogP contribution >= 0.6 is 11.6 Å². The van der Waals surface area contributed by atoms with E-state index in [0.29, 0.717) is 17.1 Å². The first-order chi connectivity index (χ1) is 7.09. The van der Waals surface area contributed by atoms with Crippen LogP contribution in [0, 0.1) is 5.82 Å². The van der Waals surface area contributed by atoms with E-state index in [-0.39, 0.29) is 5.02 Å². The Morgan fingerprint density at radius 3 is 2.73 bits per heavy atom. The maximum atomic E-state index is 13.2. The zero-order chi connectivity index (χ0) is 11.0. The summed E-state index contributed by atoms with van der Waals surface area (Å²) in [6.45, 7) is 0. The van der Waals surface area contributed by atoms with Gasteiger partial charge in [-0.05, 0) is 12.1 Å². The van der Waals surface area contributed by atoms with Crippen molar-refractivity contribution >= 4 is 17.4 Å². The van der Waals surface area contributed by atoms with Gasteiger partial charge in [-0.25, -0.2) is 9.37 Å². The van der Waals surface area contributed by atoms with Crippen molar-refractivity contribution in [1.29, 1.82) is 0 Å². The Labute approximate surface area is 91.3 Å². The van der Waals surface area contributed by atoms with Crippen LogP contribution in [0.2, 0.25) is 5.02 Å². The Morgan fingerprint density at radius 2 is 2.20 bits per heavy atom. The van der Waals surface area contributed by atoms with Crippen LogP contribution in [0.15, 0.2) is 24.5 Å². The fraction of sp³-hybridized carbons (Fsp3) is 0.100. The normalized spacial score (nSPS) is 10.6. The van der Waals surface area contributed by atoms with Gasteiger partial charge in [-0.2, -0.15) is 0 Å². The number of hydrogen-bond acceptors (Lipinski definition) is 2. The van der Waals surface area contributed by atoms with Crippen LogP contribution in [-0.4, -0.2) is 9.55 Å². The lowest BCUT2D eigenvalue weighted by Gasteiger charge is -2.01. The molecule has 0 bridgehead atoms. The van der Waals surface area contributed by atoms with Crippen LogP contribution in [-0.2, 0) is 7.05 Å². The second kappa shape index (κ2) is 3.55. The molecule has 0 unspecified atom stereocenters. The largest absolute Gasteiger partial charge is 0.383 e. The first kappa shape index (κ1) is 9.98. The van der Waals surface area contributed by atoms with E-state index in [0.717, 1.165) is 0 Å². The molecule has 2 aromatic rings. The van der Waals surface area contributed by atoms with Crippen molar-refractivity contribution < 1.29 is 4.39 Å². The van der Waals surface area contributed by atoms with Gasteiger partial charge in [0.2, 0.25) is 0 Å². The molecule has 1 aromatic heterocycles.